The third-order valence-electron chi connectivity index (χ3n) is 2.02. The van der Waals surface area contributed by atoms with E-state index in [9.17, 15) is 12.8 Å². The van der Waals surface area contributed by atoms with E-state index in [1.807, 2.05) is 0 Å². The summed E-state index contributed by atoms with van der Waals surface area (Å²) in [4.78, 5) is 0. The first-order chi connectivity index (χ1) is 7.94. The van der Waals surface area contributed by atoms with Gasteiger partial charge in [-0.1, -0.05) is 11.6 Å². The Labute approximate surface area is 104 Å². The number of halogens is 2. The summed E-state index contributed by atoms with van der Waals surface area (Å²) in [6, 6.07) is 3.42. The standard InChI is InChI=1S/C10H13ClFNO3S/c11-9-7-8(12)3-4-10(9)13-17(15,16)6-2-1-5-14/h3-4,7,13-14H,1-2,5-6H2. The van der Waals surface area contributed by atoms with Crippen LogP contribution in [0.5, 0.6) is 0 Å². The monoisotopic (exact) mass is 281 g/mol. The highest BCUT2D eigenvalue weighted by Gasteiger charge is 2.12. The maximum atomic E-state index is 12.7. The molecule has 7 heteroatoms. The molecule has 4 nitrogen and oxygen atoms in total. The largest absolute Gasteiger partial charge is 0.396 e. The van der Waals surface area contributed by atoms with Crippen molar-refractivity contribution in [2.24, 2.45) is 0 Å². The lowest BCUT2D eigenvalue weighted by molar-refractivity contribution is 0.287. The fourth-order valence-electron chi connectivity index (χ4n) is 1.19. The lowest BCUT2D eigenvalue weighted by Crippen LogP contribution is -2.17. The number of sulfonamides is 1. The van der Waals surface area contributed by atoms with Gasteiger partial charge in [0.15, 0.2) is 0 Å². The molecule has 0 heterocycles. The van der Waals surface area contributed by atoms with E-state index in [4.69, 9.17) is 16.7 Å². The number of nitrogens with one attached hydrogen (secondary N) is 1. The summed E-state index contributed by atoms with van der Waals surface area (Å²) in [6.45, 7) is -0.0488. The van der Waals surface area contributed by atoms with Gasteiger partial charge in [-0.15, -0.1) is 0 Å². The molecule has 0 aromatic heterocycles. The molecule has 2 N–H and O–H groups in total. The molecular weight excluding hydrogens is 269 g/mol. The van der Waals surface area contributed by atoms with Crippen LogP contribution in [0.3, 0.4) is 0 Å². The molecule has 1 aromatic carbocycles. The van der Waals surface area contributed by atoms with Crippen LogP contribution in [0.2, 0.25) is 5.02 Å². The Balaban J connectivity index is 2.69. The molecule has 0 radical (unpaired) electrons. The number of hydrogen-bond donors (Lipinski definition) is 2. The number of rotatable bonds is 6. The molecule has 17 heavy (non-hydrogen) atoms. The predicted octanol–water partition coefficient (Wildman–Crippen LogP) is 1.99. The Bertz CT molecular complexity index is 478. The number of aliphatic hydroxyl groups is 1. The van der Waals surface area contributed by atoms with Gasteiger partial charge in [0.05, 0.1) is 16.5 Å². The van der Waals surface area contributed by atoms with Crippen LogP contribution in [0.25, 0.3) is 0 Å². The van der Waals surface area contributed by atoms with Gasteiger partial charge in [-0.3, -0.25) is 4.72 Å². The average Bonchev–Trinajstić information content (AvgIpc) is 2.22. The van der Waals surface area contributed by atoms with Crippen molar-refractivity contribution in [3.8, 4) is 0 Å². The van der Waals surface area contributed by atoms with Gasteiger partial charge in [0, 0.05) is 6.61 Å². The molecule has 1 aromatic rings. The van der Waals surface area contributed by atoms with Crippen LogP contribution in [0.1, 0.15) is 12.8 Å². The van der Waals surface area contributed by atoms with Crippen molar-refractivity contribution in [1.29, 1.82) is 0 Å². The smallest absolute Gasteiger partial charge is 0.232 e. The van der Waals surface area contributed by atoms with Crippen LogP contribution in [0, 0.1) is 5.82 Å². The maximum Gasteiger partial charge on any atom is 0.232 e. The lowest BCUT2D eigenvalue weighted by atomic mass is 10.3. The number of anilines is 1. The van der Waals surface area contributed by atoms with Gasteiger partial charge in [-0.05, 0) is 31.0 Å². The maximum absolute atomic E-state index is 12.7. The van der Waals surface area contributed by atoms with E-state index >= 15 is 0 Å². The fraction of sp³-hybridized carbons (Fsp3) is 0.400. The van der Waals surface area contributed by atoms with Crippen molar-refractivity contribution in [3.05, 3.63) is 29.0 Å². The van der Waals surface area contributed by atoms with Crippen LogP contribution in [-0.2, 0) is 10.0 Å². The van der Waals surface area contributed by atoms with Gasteiger partial charge in [-0.2, -0.15) is 0 Å². The molecule has 0 atom stereocenters. The van der Waals surface area contributed by atoms with Crippen LogP contribution in [-0.4, -0.2) is 25.9 Å². The zero-order valence-corrected chi connectivity index (χ0v) is 10.6. The molecule has 0 fully saturated rings. The van der Waals surface area contributed by atoms with Crippen molar-refractivity contribution in [2.75, 3.05) is 17.1 Å². The first-order valence-electron chi connectivity index (χ1n) is 5.01. The summed E-state index contributed by atoms with van der Waals surface area (Å²) in [5.41, 5.74) is 0.150. The van der Waals surface area contributed by atoms with E-state index in [-0.39, 0.29) is 23.1 Å². The highest BCUT2D eigenvalue weighted by Crippen LogP contribution is 2.23. The Kier molecular flexibility index (Phi) is 5.17. The number of aliphatic hydroxyl groups excluding tert-OH is 1. The molecular formula is C10H13ClFNO3S. The van der Waals surface area contributed by atoms with E-state index in [1.54, 1.807) is 0 Å². The van der Waals surface area contributed by atoms with Gasteiger partial charge in [0.25, 0.3) is 0 Å². The van der Waals surface area contributed by atoms with E-state index in [0.29, 0.717) is 12.8 Å². The van der Waals surface area contributed by atoms with Crippen LogP contribution < -0.4 is 4.72 Å². The second-order valence-corrected chi connectivity index (χ2v) is 5.72. The zero-order chi connectivity index (χ0) is 12.9. The first kappa shape index (κ1) is 14.2. The molecule has 1 rings (SSSR count). The summed E-state index contributed by atoms with van der Waals surface area (Å²) in [6.07, 6.45) is 0.767. The minimum atomic E-state index is -3.51. The third kappa shape index (κ3) is 4.89. The second-order valence-electron chi connectivity index (χ2n) is 3.48. The van der Waals surface area contributed by atoms with Crippen LogP contribution in [0.15, 0.2) is 18.2 Å². The Morgan fingerprint density at radius 3 is 2.65 bits per heavy atom. The summed E-state index contributed by atoms with van der Waals surface area (Å²) >= 11 is 5.69. The Hall–Kier alpha value is -0.850. The highest BCUT2D eigenvalue weighted by atomic mass is 35.5. The SMILES string of the molecule is O=S(=O)(CCCCO)Nc1ccc(F)cc1Cl. The van der Waals surface area contributed by atoms with Crippen molar-refractivity contribution >= 4 is 27.3 Å². The summed E-state index contributed by atoms with van der Waals surface area (Å²) in [5, 5.41) is 8.56. The van der Waals surface area contributed by atoms with E-state index in [0.717, 1.165) is 12.1 Å². The van der Waals surface area contributed by atoms with Gasteiger partial charge in [-0.25, -0.2) is 12.8 Å². The van der Waals surface area contributed by atoms with Gasteiger partial charge < -0.3 is 5.11 Å². The van der Waals surface area contributed by atoms with Gasteiger partial charge in [0.1, 0.15) is 5.82 Å². The summed E-state index contributed by atoms with van der Waals surface area (Å²) in [5.74, 6) is -0.639. The molecule has 0 aliphatic rings. The van der Waals surface area contributed by atoms with Crippen molar-refractivity contribution in [1.82, 2.24) is 0 Å². The number of benzene rings is 1. The average molecular weight is 282 g/mol. The molecule has 0 aliphatic heterocycles. The molecule has 0 saturated heterocycles. The van der Waals surface area contributed by atoms with Crippen molar-refractivity contribution < 1.29 is 17.9 Å². The lowest BCUT2D eigenvalue weighted by Gasteiger charge is -2.09. The van der Waals surface area contributed by atoms with E-state index < -0.39 is 15.8 Å². The second kappa shape index (κ2) is 6.18. The molecule has 0 saturated carbocycles. The van der Waals surface area contributed by atoms with Crippen molar-refractivity contribution in [3.63, 3.8) is 0 Å². The summed E-state index contributed by atoms with van der Waals surface area (Å²) in [7, 11) is -3.51. The quantitative estimate of drug-likeness (QED) is 0.784. The minimum Gasteiger partial charge on any atom is -0.396 e. The topological polar surface area (TPSA) is 66.4 Å². The number of hydrogen-bond acceptors (Lipinski definition) is 3. The molecule has 0 unspecified atom stereocenters. The first-order valence-corrected chi connectivity index (χ1v) is 7.04. The minimum absolute atomic E-state index is 0.00994. The number of unbranched alkanes of at least 4 members (excludes halogenated alkanes) is 1. The van der Waals surface area contributed by atoms with Crippen molar-refractivity contribution in [2.45, 2.75) is 12.8 Å². The van der Waals surface area contributed by atoms with E-state index in [1.165, 1.54) is 6.07 Å². The molecule has 0 spiro atoms. The fourth-order valence-corrected chi connectivity index (χ4v) is 2.66. The van der Waals surface area contributed by atoms with E-state index in [2.05, 4.69) is 4.72 Å². The Morgan fingerprint density at radius 2 is 2.06 bits per heavy atom. The molecule has 0 aliphatic carbocycles. The summed E-state index contributed by atoms with van der Waals surface area (Å²) < 4.78 is 38.1. The van der Waals surface area contributed by atoms with Gasteiger partial charge >= 0.3 is 0 Å². The highest BCUT2D eigenvalue weighted by molar-refractivity contribution is 7.92. The third-order valence-corrected chi connectivity index (χ3v) is 3.69. The normalized spacial score (nSPS) is 11.5. The van der Waals surface area contributed by atoms with Crippen LogP contribution >= 0.6 is 11.6 Å². The Morgan fingerprint density at radius 1 is 1.35 bits per heavy atom. The predicted molar refractivity (Wildman–Crippen MR) is 65.1 cm³/mol. The zero-order valence-electron chi connectivity index (χ0n) is 8.99. The molecule has 0 bridgehead atoms. The van der Waals surface area contributed by atoms with Crippen LogP contribution in [0.4, 0.5) is 10.1 Å². The van der Waals surface area contributed by atoms with Gasteiger partial charge in [0.2, 0.25) is 10.0 Å². The molecule has 96 valence electrons. The molecule has 0 amide bonds.